The van der Waals surface area contributed by atoms with E-state index in [4.69, 9.17) is 9.68 Å². The molecular formula is C11H7BrFNO. The smallest absolute Gasteiger partial charge is 0.204 e. The Kier molecular flexibility index (Phi) is 2.74. The lowest BCUT2D eigenvalue weighted by Crippen LogP contribution is -1.88. The number of alkyl halides is 1. The van der Waals surface area contributed by atoms with E-state index in [-0.39, 0.29) is 11.6 Å². The average molecular weight is 268 g/mol. The first-order chi connectivity index (χ1) is 7.24. The van der Waals surface area contributed by atoms with Gasteiger partial charge in [-0.25, -0.2) is 4.39 Å². The summed E-state index contributed by atoms with van der Waals surface area (Å²) in [6.45, 7) is 0. The topological polar surface area (TPSA) is 36.9 Å². The Hall–Kier alpha value is -1.34. The van der Waals surface area contributed by atoms with Gasteiger partial charge in [-0.15, -0.1) is 0 Å². The second kappa shape index (κ2) is 4.03. The van der Waals surface area contributed by atoms with E-state index >= 15 is 0 Å². The summed E-state index contributed by atoms with van der Waals surface area (Å²) in [5.41, 5.74) is 1.38. The third-order valence-electron chi connectivity index (χ3n) is 2.13. The maximum absolute atomic E-state index is 13.2. The van der Waals surface area contributed by atoms with E-state index in [1.54, 1.807) is 6.07 Å². The van der Waals surface area contributed by atoms with Crippen molar-refractivity contribution in [3.8, 4) is 6.07 Å². The van der Waals surface area contributed by atoms with Crippen LogP contribution in [0, 0.1) is 17.1 Å². The molecule has 1 aromatic carbocycles. The fourth-order valence-corrected chi connectivity index (χ4v) is 1.96. The monoisotopic (exact) mass is 267 g/mol. The van der Waals surface area contributed by atoms with E-state index in [0.717, 1.165) is 10.9 Å². The van der Waals surface area contributed by atoms with E-state index in [2.05, 4.69) is 15.9 Å². The summed E-state index contributed by atoms with van der Waals surface area (Å²) < 4.78 is 18.5. The molecule has 2 nitrogen and oxygen atoms in total. The van der Waals surface area contributed by atoms with Gasteiger partial charge in [0.15, 0.2) is 0 Å². The highest BCUT2D eigenvalue weighted by Gasteiger charge is 2.09. The largest absolute Gasteiger partial charge is 0.445 e. The van der Waals surface area contributed by atoms with E-state index in [1.165, 1.54) is 12.1 Å². The molecule has 0 N–H and O–H groups in total. The number of fused-ring (bicyclic) bond motifs is 1. The number of halogens is 2. The quantitative estimate of drug-likeness (QED) is 0.783. The number of nitriles is 1. The minimum atomic E-state index is -0.302. The lowest BCUT2D eigenvalue weighted by atomic mass is 10.1. The molecule has 0 radical (unpaired) electrons. The number of benzene rings is 1. The van der Waals surface area contributed by atoms with Gasteiger partial charge in [0.05, 0.1) is 0 Å². The molecule has 1 aromatic heterocycles. The Morgan fingerprint density at radius 3 is 2.87 bits per heavy atom. The van der Waals surface area contributed by atoms with Gasteiger partial charge in [-0.3, -0.25) is 0 Å². The molecule has 0 saturated heterocycles. The zero-order valence-corrected chi connectivity index (χ0v) is 9.34. The second-order valence-electron chi connectivity index (χ2n) is 3.14. The summed E-state index contributed by atoms with van der Waals surface area (Å²) in [5, 5.41) is 10.1. The first kappa shape index (κ1) is 10.2. The predicted octanol–water partition coefficient (Wildman–Crippen LogP) is 3.38. The standard InChI is InChI=1S/C11H7BrFNO/c12-2-1-7-3-9(13)4-8-5-10(6-14)15-11(7)8/h3-5H,1-2H2. The summed E-state index contributed by atoms with van der Waals surface area (Å²) in [6, 6.07) is 6.27. The molecule has 0 amide bonds. The molecule has 2 rings (SSSR count). The van der Waals surface area contributed by atoms with Crippen molar-refractivity contribution in [1.82, 2.24) is 0 Å². The van der Waals surface area contributed by atoms with Crippen LogP contribution in [0.3, 0.4) is 0 Å². The highest BCUT2D eigenvalue weighted by Crippen LogP contribution is 2.25. The lowest BCUT2D eigenvalue weighted by Gasteiger charge is -1.99. The number of aryl methyl sites for hydroxylation is 1. The number of nitrogens with zero attached hydrogens (tertiary/aromatic N) is 1. The second-order valence-corrected chi connectivity index (χ2v) is 3.94. The van der Waals surface area contributed by atoms with Gasteiger partial charge in [0.2, 0.25) is 5.76 Å². The van der Waals surface area contributed by atoms with Crippen LogP contribution >= 0.6 is 15.9 Å². The van der Waals surface area contributed by atoms with Crippen LogP contribution in [-0.4, -0.2) is 5.33 Å². The van der Waals surface area contributed by atoms with Crippen molar-refractivity contribution >= 4 is 26.9 Å². The van der Waals surface area contributed by atoms with Crippen LogP contribution in [0.15, 0.2) is 22.6 Å². The highest BCUT2D eigenvalue weighted by atomic mass is 79.9. The van der Waals surface area contributed by atoms with Crippen LogP contribution in [0.1, 0.15) is 11.3 Å². The summed E-state index contributed by atoms with van der Waals surface area (Å²) >= 11 is 3.29. The molecular weight excluding hydrogens is 261 g/mol. The zero-order chi connectivity index (χ0) is 10.8. The molecule has 0 bridgehead atoms. The Morgan fingerprint density at radius 2 is 2.20 bits per heavy atom. The SMILES string of the molecule is N#Cc1cc2cc(F)cc(CCBr)c2o1. The normalized spacial score (nSPS) is 10.5. The first-order valence-corrected chi connectivity index (χ1v) is 5.55. The Labute approximate surface area is 94.4 Å². The van der Waals surface area contributed by atoms with Gasteiger partial charge in [0, 0.05) is 16.8 Å². The summed E-state index contributed by atoms with van der Waals surface area (Å²) in [4.78, 5) is 0. The lowest BCUT2D eigenvalue weighted by molar-refractivity contribution is 0.591. The number of hydrogen-bond acceptors (Lipinski definition) is 2. The molecule has 2 aromatic rings. The molecule has 0 aliphatic rings. The van der Waals surface area contributed by atoms with Gasteiger partial charge in [-0.1, -0.05) is 15.9 Å². The molecule has 0 fully saturated rings. The fourth-order valence-electron chi connectivity index (χ4n) is 1.53. The first-order valence-electron chi connectivity index (χ1n) is 4.42. The van der Waals surface area contributed by atoms with Crippen LogP contribution in [0.25, 0.3) is 11.0 Å². The maximum atomic E-state index is 13.2. The van der Waals surface area contributed by atoms with Crippen molar-refractivity contribution in [2.24, 2.45) is 0 Å². The van der Waals surface area contributed by atoms with E-state index in [0.29, 0.717) is 17.4 Å². The van der Waals surface area contributed by atoms with E-state index < -0.39 is 0 Å². The zero-order valence-electron chi connectivity index (χ0n) is 7.76. The molecule has 4 heteroatoms. The van der Waals surface area contributed by atoms with Crippen molar-refractivity contribution in [1.29, 1.82) is 5.26 Å². The molecule has 0 saturated carbocycles. The number of hydrogen-bond donors (Lipinski definition) is 0. The van der Waals surface area contributed by atoms with E-state index in [1.807, 2.05) is 6.07 Å². The van der Waals surface area contributed by atoms with Gasteiger partial charge in [0.25, 0.3) is 0 Å². The average Bonchev–Trinajstić information content (AvgIpc) is 2.61. The van der Waals surface area contributed by atoms with Crippen LogP contribution in [0.5, 0.6) is 0 Å². The third-order valence-corrected chi connectivity index (χ3v) is 2.53. The molecule has 0 unspecified atom stereocenters. The predicted molar refractivity (Wildman–Crippen MR) is 58.4 cm³/mol. The Morgan fingerprint density at radius 1 is 1.40 bits per heavy atom. The summed E-state index contributed by atoms with van der Waals surface area (Å²) in [5.74, 6) is -0.0878. The van der Waals surface area contributed by atoms with Gasteiger partial charge in [-0.2, -0.15) is 5.26 Å². The third kappa shape index (κ3) is 1.88. The molecule has 0 atom stereocenters. The number of furan rings is 1. The summed E-state index contributed by atoms with van der Waals surface area (Å²) in [7, 11) is 0. The van der Waals surface area contributed by atoms with Crippen molar-refractivity contribution in [3.05, 3.63) is 35.3 Å². The molecule has 0 aliphatic heterocycles. The molecule has 76 valence electrons. The highest BCUT2D eigenvalue weighted by molar-refractivity contribution is 9.09. The molecule has 0 aliphatic carbocycles. The van der Waals surface area contributed by atoms with Crippen molar-refractivity contribution in [3.63, 3.8) is 0 Å². The van der Waals surface area contributed by atoms with Crippen LogP contribution < -0.4 is 0 Å². The van der Waals surface area contributed by atoms with Crippen LogP contribution in [-0.2, 0) is 6.42 Å². The van der Waals surface area contributed by atoms with Crippen LogP contribution in [0.4, 0.5) is 4.39 Å². The van der Waals surface area contributed by atoms with Gasteiger partial charge in [-0.05, 0) is 24.1 Å². The number of rotatable bonds is 2. The fraction of sp³-hybridized carbons (Fsp3) is 0.182. The van der Waals surface area contributed by atoms with Gasteiger partial charge in [0.1, 0.15) is 17.5 Å². The van der Waals surface area contributed by atoms with Crippen LogP contribution in [0.2, 0.25) is 0 Å². The van der Waals surface area contributed by atoms with Gasteiger partial charge < -0.3 is 4.42 Å². The minimum absolute atomic E-state index is 0.214. The minimum Gasteiger partial charge on any atom is -0.445 e. The summed E-state index contributed by atoms with van der Waals surface area (Å²) in [6.07, 6.45) is 0.673. The van der Waals surface area contributed by atoms with E-state index in [9.17, 15) is 4.39 Å². The maximum Gasteiger partial charge on any atom is 0.204 e. The Balaban J connectivity index is 2.67. The molecule has 15 heavy (non-hydrogen) atoms. The van der Waals surface area contributed by atoms with Crippen molar-refractivity contribution in [2.75, 3.05) is 5.33 Å². The molecule has 0 spiro atoms. The Bertz CT molecular complexity index is 541. The molecule has 1 heterocycles. The van der Waals surface area contributed by atoms with Crippen molar-refractivity contribution < 1.29 is 8.81 Å². The van der Waals surface area contributed by atoms with Crippen molar-refractivity contribution in [2.45, 2.75) is 6.42 Å². The van der Waals surface area contributed by atoms with Gasteiger partial charge >= 0.3 is 0 Å².